The van der Waals surface area contributed by atoms with E-state index in [4.69, 9.17) is 0 Å². The van der Waals surface area contributed by atoms with Crippen LogP contribution in [-0.4, -0.2) is 37.5 Å². The van der Waals surface area contributed by atoms with Crippen molar-refractivity contribution in [3.63, 3.8) is 0 Å². The number of hydrogen-bond donors (Lipinski definition) is 3. The first-order valence-corrected chi connectivity index (χ1v) is 8.90. The van der Waals surface area contributed by atoms with Gasteiger partial charge >= 0.3 is 6.18 Å². The van der Waals surface area contributed by atoms with Crippen molar-refractivity contribution in [1.82, 2.24) is 16.0 Å². The van der Waals surface area contributed by atoms with Gasteiger partial charge in [0, 0.05) is 24.7 Å². The first-order valence-electron chi connectivity index (χ1n) is 8.90. The molecule has 27 heavy (non-hydrogen) atoms. The fourth-order valence-electron chi connectivity index (χ4n) is 2.83. The average Bonchev–Trinajstić information content (AvgIpc) is 3.11. The van der Waals surface area contributed by atoms with E-state index in [1.807, 2.05) is 6.92 Å². The van der Waals surface area contributed by atoms with E-state index < -0.39 is 17.6 Å². The third-order valence-electron chi connectivity index (χ3n) is 4.18. The molecule has 0 spiro atoms. The Bertz CT molecular complexity index is 614. The molecule has 5 nitrogen and oxygen atoms in total. The normalized spacial score (nSPS) is 15.2. The smallest absolute Gasteiger partial charge is 0.357 e. The minimum atomic E-state index is -4.40. The summed E-state index contributed by atoms with van der Waals surface area (Å²) in [5.74, 6) is 0.311. The highest BCUT2D eigenvalue weighted by molar-refractivity contribution is 14.0. The maximum Gasteiger partial charge on any atom is 0.416 e. The number of rotatable bonds is 6. The van der Waals surface area contributed by atoms with Gasteiger partial charge in [-0.2, -0.15) is 13.2 Å². The maximum atomic E-state index is 12.5. The zero-order chi connectivity index (χ0) is 19.0. The molecular weight excluding hydrogens is 472 g/mol. The Labute approximate surface area is 174 Å². The SMILES string of the molecule is CCNC(=NCCNC(=O)c1ccc(C(F)(F)F)cc1)NC1CCCC1.I. The predicted octanol–water partition coefficient (Wildman–Crippen LogP) is 3.55. The van der Waals surface area contributed by atoms with Gasteiger partial charge in [-0.1, -0.05) is 12.8 Å². The van der Waals surface area contributed by atoms with Gasteiger partial charge in [-0.3, -0.25) is 9.79 Å². The lowest BCUT2D eigenvalue weighted by molar-refractivity contribution is -0.137. The van der Waals surface area contributed by atoms with Crippen LogP contribution in [0.1, 0.15) is 48.5 Å². The van der Waals surface area contributed by atoms with Gasteiger partial charge in [0.05, 0.1) is 12.1 Å². The number of nitrogens with zero attached hydrogens (tertiary/aromatic N) is 1. The van der Waals surface area contributed by atoms with Crippen LogP contribution in [0.5, 0.6) is 0 Å². The Hall–Kier alpha value is -1.52. The van der Waals surface area contributed by atoms with Crippen LogP contribution in [0.3, 0.4) is 0 Å². The van der Waals surface area contributed by atoms with Crippen molar-refractivity contribution >= 4 is 35.8 Å². The van der Waals surface area contributed by atoms with Gasteiger partial charge in [-0.05, 0) is 44.0 Å². The average molecular weight is 498 g/mol. The molecule has 0 saturated heterocycles. The molecule has 9 heteroatoms. The van der Waals surface area contributed by atoms with Crippen LogP contribution >= 0.6 is 24.0 Å². The molecule has 1 saturated carbocycles. The number of benzene rings is 1. The van der Waals surface area contributed by atoms with Crippen LogP contribution in [0.15, 0.2) is 29.3 Å². The van der Waals surface area contributed by atoms with Gasteiger partial charge in [-0.25, -0.2) is 0 Å². The summed E-state index contributed by atoms with van der Waals surface area (Å²) < 4.78 is 37.6. The van der Waals surface area contributed by atoms with Gasteiger partial charge in [0.2, 0.25) is 0 Å². The molecule has 1 amide bonds. The summed E-state index contributed by atoms with van der Waals surface area (Å²) in [6.07, 6.45) is 0.309. The van der Waals surface area contributed by atoms with Crippen molar-refractivity contribution in [3.8, 4) is 0 Å². The highest BCUT2D eigenvalue weighted by Crippen LogP contribution is 2.29. The maximum absolute atomic E-state index is 12.5. The van der Waals surface area contributed by atoms with E-state index in [2.05, 4.69) is 20.9 Å². The standard InChI is InChI=1S/C18H25F3N4O.HI/c1-2-22-17(25-15-5-3-4-6-15)24-12-11-23-16(26)13-7-9-14(10-8-13)18(19,20)21;/h7-10,15H,2-6,11-12H2,1H3,(H,23,26)(H2,22,24,25);1H. The van der Waals surface area contributed by atoms with Crippen molar-refractivity contribution < 1.29 is 18.0 Å². The number of carbonyl (C=O) groups is 1. The number of alkyl halides is 3. The molecule has 1 aromatic rings. The third-order valence-corrected chi connectivity index (χ3v) is 4.18. The Kier molecular flexibility index (Phi) is 9.89. The fraction of sp³-hybridized carbons (Fsp3) is 0.556. The second-order valence-corrected chi connectivity index (χ2v) is 6.22. The summed E-state index contributed by atoms with van der Waals surface area (Å²) >= 11 is 0. The van der Waals surface area contributed by atoms with Crippen molar-refractivity contribution in [2.45, 2.75) is 44.8 Å². The Morgan fingerprint density at radius 3 is 2.33 bits per heavy atom. The second-order valence-electron chi connectivity index (χ2n) is 6.22. The molecule has 2 rings (SSSR count). The highest BCUT2D eigenvalue weighted by atomic mass is 127. The monoisotopic (exact) mass is 498 g/mol. The summed E-state index contributed by atoms with van der Waals surface area (Å²) in [6.45, 7) is 3.42. The number of hydrogen-bond acceptors (Lipinski definition) is 2. The van der Waals surface area contributed by atoms with E-state index in [-0.39, 0.29) is 29.5 Å². The lowest BCUT2D eigenvalue weighted by Gasteiger charge is -2.16. The molecule has 0 bridgehead atoms. The van der Waals surface area contributed by atoms with Crippen LogP contribution in [0.4, 0.5) is 13.2 Å². The van der Waals surface area contributed by atoms with Crippen molar-refractivity contribution in [2.24, 2.45) is 4.99 Å². The number of amides is 1. The quantitative estimate of drug-likeness (QED) is 0.243. The summed E-state index contributed by atoms with van der Waals surface area (Å²) in [6, 6.07) is 4.60. The summed E-state index contributed by atoms with van der Waals surface area (Å²) in [4.78, 5) is 16.4. The predicted molar refractivity (Wildman–Crippen MR) is 111 cm³/mol. The first kappa shape index (κ1) is 23.5. The molecule has 0 atom stereocenters. The lowest BCUT2D eigenvalue weighted by atomic mass is 10.1. The van der Waals surface area contributed by atoms with Crippen LogP contribution in [0.2, 0.25) is 0 Å². The molecule has 0 unspecified atom stereocenters. The second kappa shape index (κ2) is 11.4. The summed E-state index contributed by atoms with van der Waals surface area (Å²) in [5, 5.41) is 9.21. The van der Waals surface area contributed by atoms with Crippen molar-refractivity contribution in [2.75, 3.05) is 19.6 Å². The van der Waals surface area contributed by atoms with Gasteiger partial charge in [-0.15, -0.1) is 24.0 Å². The molecule has 3 N–H and O–H groups in total. The van der Waals surface area contributed by atoms with Gasteiger partial charge in [0.25, 0.3) is 5.91 Å². The summed E-state index contributed by atoms with van der Waals surface area (Å²) in [7, 11) is 0. The Morgan fingerprint density at radius 2 is 1.78 bits per heavy atom. The van der Waals surface area contributed by atoms with Crippen LogP contribution in [0.25, 0.3) is 0 Å². The topological polar surface area (TPSA) is 65.5 Å². The summed E-state index contributed by atoms with van der Waals surface area (Å²) in [5.41, 5.74) is -0.579. The lowest BCUT2D eigenvalue weighted by Crippen LogP contribution is -2.42. The van der Waals surface area contributed by atoms with Crippen molar-refractivity contribution in [1.29, 1.82) is 0 Å². The molecular formula is C18H26F3IN4O. The number of guanidine groups is 1. The van der Waals surface area contributed by atoms with Gasteiger partial charge < -0.3 is 16.0 Å². The Morgan fingerprint density at radius 1 is 1.15 bits per heavy atom. The van der Waals surface area contributed by atoms with E-state index in [0.29, 0.717) is 19.1 Å². The van der Waals surface area contributed by atoms with E-state index >= 15 is 0 Å². The van der Waals surface area contributed by atoms with Crippen LogP contribution in [0, 0.1) is 0 Å². The van der Waals surface area contributed by atoms with Gasteiger partial charge in [0.1, 0.15) is 0 Å². The number of nitrogens with one attached hydrogen (secondary N) is 3. The van der Waals surface area contributed by atoms with E-state index in [1.165, 1.54) is 25.0 Å². The molecule has 1 aliphatic carbocycles. The first-order chi connectivity index (χ1) is 12.4. The Balaban J connectivity index is 0.00000364. The number of carbonyl (C=O) groups excluding carboxylic acids is 1. The molecule has 0 aromatic heterocycles. The molecule has 1 fully saturated rings. The molecule has 0 heterocycles. The highest BCUT2D eigenvalue weighted by Gasteiger charge is 2.30. The molecule has 0 aliphatic heterocycles. The molecule has 0 radical (unpaired) electrons. The fourth-order valence-corrected chi connectivity index (χ4v) is 2.83. The van der Waals surface area contributed by atoms with E-state index in [1.54, 1.807) is 0 Å². The molecule has 1 aliphatic rings. The minimum Gasteiger partial charge on any atom is -0.357 e. The number of halogens is 4. The number of aliphatic imine (C=N–C) groups is 1. The molecule has 152 valence electrons. The van der Waals surface area contributed by atoms with E-state index in [9.17, 15) is 18.0 Å². The third kappa shape index (κ3) is 7.94. The zero-order valence-corrected chi connectivity index (χ0v) is 17.6. The zero-order valence-electron chi connectivity index (χ0n) is 15.2. The molecule has 1 aromatic carbocycles. The van der Waals surface area contributed by atoms with Crippen molar-refractivity contribution in [3.05, 3.63) is 35.4 Å². The van der Waals surface area contributed by atoms with Crippen LogP contribution < -0.4 is 16.0 Å². The largest absolute Gasteiger partial charge is 0.416 e. The minimum absolute atomic E-state index is 0. The van der Waals surface area contributed by atoms with Crippen LogP contribution in [-0.2, 0) is 6.18 Å². The van der Waals surface area contributed by atoms with E-state index in [0.717, 1.165) is 37.5 Å². The van der Waals surface area contributed by atoms with Gasteiger partial charge in [0.15, 0.2) is 5.96 Å².